The summed E-state index contributed by atoms with van der Waals surface area (Å²) >= 11 is 0. The van der Waals surface area contributed by atoms with Crippen LogP contribution in [-0.4, -0.2) is 63.2 Å². The van der Waals surface area contributed by atoms with E-state index < -0.39 is 25.6 Å². The van der Waals surface area contributed by atoms with Crippen molar-refractivity contribution in [2.45, 2.75) is 26.3 Å². The number of hydrogen-bond donors (Lipinski definition) is 1. The van der Waals surface area contributed by atoms with Gasteiger partial charge in [-0.1, -0.05) is 0 Å². The Hall–Kier alpha value is -0.180. The van der Waals surface area contributed by atoms with Crippen LogP contribution in [-0.2, 0) is 19.9 Å². The van der Waals surface area contributed by atoms with Crippen LogP contribution in [0.3, 0.4) is 0 Å². The van der Waals surface area contributed by atoms with Crippen molar-refractivity contribution in [3.63, 3.8) is 0 Å². The van der Waals surface area contributed by atoms with Crippen molar-refractivity contribution in [1.82, 2.24) is 4.31 Å². The Morgan fingerprint density at radius 2 is 1.65 bits per heavy atom. The molecule has 0 aromatic carbocycles. The summed E-state index contributed by atoms with van der Waals surface area (Å²) < 4.78 is 47.0. The van der Waals surface area contributed by atoms with Crippen LogP contribution in [0.2, 0.25) is 0 Å². The minimum absolute atomic E-state index is 0.0924. The largest absolute Gasteiger partial charge is 0.396 e. The second-order valence-electron chi connectivity index (χ2n) is 4.23. The quantitative estimate of drug-likeness (QED) is 0.647. The highest BCUT2D eigenvalue weighted by molar-refractivity contribution is 7.93. The molecular formula is C9H21NO5S2. The van der Waals surface area contributed by atoms with E-state index in [9.17, 15) is 16.8 Å². The minimum Gasteiger partial charge on any atom is -0.396 e. The van der Waals surface area contributed by atoms with E-state index in [4.69, 9.17) is 5.11 Å². The fourth-order valence-corrected chi connectivity index (χ4v) is 4.66. The molecule has 1 N–H and O–H groups in total. The highest BCUT2D eigenvalue weighted by Crippen LogP contribution is 2.09. The lowest BCUT2D eigenvalue weighted by molar-refractivity contribution is 0.258. The molecule has 0 amide bonds. The smallest absolute Gasteiger partial charge is 0.215 e. The summed E-state index contributed by atoms with van der Waals surface area (Å²) in [6.45, 7) is 3.55. The second kappa shape index (κ2) is 6.67. The third-order valence-electron chi connectivity index (χ3n) is 2.18. The molecule has 0 fully saturated rings. The summed E-state index contributed by atoms with van der Waals surface area (Å²) in [5.74, 6) is -0.785. The van der Waals surface area contributed by atoms with E-state index in [1.807, 2.05) is 0 Å². The van der Waals surface area contributed by atoms with Gasteiger partial charge in [0.1, 0.15) is 9.84 Å². The average molecular weight is 287 g/mol. The van der Waals surface area contributed by atoms with Crippen LogP contribution < -0.4 is 0 Å². The molecule has 0 atom stereocenters. The fourth-order valence-electron chi connectivity index (χ4n) is 1.32. The number of hydrogen-bond acceptors (Lipinski definition) is 5. The molecule has 17 heavy (non-hydrogen) atoms. The molecule has 0 spiro atoms. The highest BCUT2D eigenvalue weighted by atomic mass is 32.2. The summed E-state index contributed by atoms with van der Waals surface area (Å²) in [4.78, 5) is 0. The Balaban J connectivity index is 4.73. The molecule has 0 heterocycles. The third kappa shape index (κ3) is 6.97. The summed E-state index contributed by atoms with van der Waals surface area (Å²) in [5.41, 5.74) is 0. The summed E-state index contributed by atoms with van der Waals surface area (Å²) in [5, 5.41) is 8.70. The van der Waals surface area contributed by atoms with Crippen LogP contribution in [0.1, 0.15) is 20.3 Å². The van der Waals surface area contributed by atoms with E-state index in [1.54, 1.807) is 13.8 Å². The Morgan fingerprint density at radius 1 is 1.12 bits per heavy atom. The predicted molar refractivity (Wildman–Crippen MR) is 67.0 cm³/mol. The summed E-state index contributed by atoms with van der Waals surface area (Å²) in [6.07, 6.45) is 1.35. The minimum atomic E-state index is -3.58. The molecule has 0 saturated carbocycles. The topological polar surface area (TPSA) is 91.8 Å². The van der Waals surface area contributed by atoms with Crippen molar-refractivity contribution < 1.29 is 21.9 Å². The van der Waals surface area contributed by atoms with Gasteiger partial charge in [-0.05, 0) is 20.3 Å². The lowest BCUT2D eigenvalue weighted by Gasteiger charge is -2.25. The van der Waals surface area contributed by atoms with Crippen LogP contribution in [0.5, 0.6) is 0 Å². The Morgan fingerprint density at radius 3 is 2.00 bits per heavy atom. The molecule has 0 aromatic heterocycles. The van der Waals surface area contributed by atoms with Crippen molar-refractivity contribution in [3.8, 4) is 0 Å². The standard InChI is InChI=1S/C9H21NO5S2/c1-9(2)10(5-4-6-11)17(14,15)8-7-16(3,12)13/h9,11H,4-8H2,1-3H3. The van der Waals surface area contributed by atoms with Gasteiger partial charge in [0.15, 0.2) is 0 Å². The molecule has 0 bridgehead atoms. The number of nitrogens with zero attached hydrogens (tertiary/aromatic N) is 1. The zero-order valence-corrected chi connectivity index (χ0v) is 12.1. The number of sulfonamides is 1. The van der Waals surface area contributed by atoms with E-state index in [1.165, 1.54) is 4.31 Å². The number of aliphatic hydroxyl groups is 1. The highest BCUT2D eigenvalue weighted by Gasteiger charge is 2.25. The molecule has 0 aliphatic heterocycles. The van der Waals surface area contributed by atoms with Gasteiger partial charge in [0.2, 0.25) is 10.0 Å². The van der Waals surface area contributed by atoms with Crippen molar-refractivity contribution in [2.75, 3.05) is 30.9 Å². The first-order chi connectivity index (χ1) is 7.60. The molecule has 8 heteroatoms. The predicted octanol–water partition coefficient (Wildman–Crippen LogP) is -0.546. The normalized spacial score (nSPS) is 13.5. The van der Waals surface area contributed by atoms with Crippen LogP contribution in [0.4, 0.5) is 0 Å². The Labute approximate surface area is 104 Å². The Kier molecular flexibility index (Phi) is 6.60. The third-order valence-corrected chi connectivity index (χ3v) is 5.42. The average Bonchev–Trinajstić information content (AvgIpc) is 2.14. The number of sulfone groups is 1. The molecule has 0 rings (SSSR count). The molecule has 0 aliphatic rings. The van der Waals surface area contributed by atoms with Crippen LogP contribution in [0, 0.1) is 0 Å². The second-order valence-corrected chi connectivity index (χ2v) is 8.53. The van der Waals surface area contributed by atoms with Gasteiger partial charge in [-0.3, -0.25) is 0 Å². The maximum absolute atomic E-state index is 11.9. The van der Waals surface area contributed by atoms with E-state index in [2.05, 4.69) is 0 Å². The zero-order chi connectivity index (χ0) is 13.7. The van der Waals surface area contributed by atoms with E-state index in [0.29, 0.717) is 6.42 Å². The molecule has 104 valence electrons. The van der Waals surface area contributed by atoms with Crippen LogP contribution in [0.25, 0.3) is 0 Å². The summed E-state index contributed by atoms with van der Waals surface area (Å²) in [6, 6.07) is -0.244. The van der Waals surface area contributed by atoms with Gasteiger partial charge >= 0.3 is 0 Å². The van der Waals surface area contributed by atoms with E-state index >= 15 is 0 Å². The lowest BCUT2D eigenvalue weighted by atomic mass is 10.3. The van der Waals surface area contributed by atoms with E-state index in [0.717, 1.165) is 6.26 Å². The first-order valence-corrected chi connectivity index (χ1v) is 9.05. The van der Waals surface area contributed by atoms with Crippen molar-refractivity contribution >= 4 is 19.9 Å². The fraction of sp³-hybridized carbons (Fsp3) is 1.00. The van der Waals surface area contributed by atoms with Crippen molar-refractivity contribution in [2.24, 2.45) is 0 Å². The van der Waals surface area contributed by atoms with Crippen LogP contribution in [0.15, 0.2) is 0 Å². The van der Waals surface area contributed by atoms with Crippen LogP contribution >= 0.6 is 0 Å². The van der Waals surface area contributed by atoms with Gasteiger partial charge in [0.25, 0.3) is 0 Å². The van der Waals surface area contributed by atoms with Gasteiger partial charge in [0.05, 0.1) is 11.5 Å². The van der Waals surface area contributed by atoms with Gasteiger partial charge < -0.3 is 5.11 Å². The molecule has 0 aliphatic carbocycles. The molecule has 0 radical (unpaired) electrons. The van der Waals surface area contributed by atoms with Gasteiger partial charge in [-0.25, -0.2) is 16.8 Å². The van der Waals surface area contributed by atoms with Gasteiger partial charge in [-0.15, -0.1) is 0 Å². The molecular weight excluding hydrogens is 266 g/mol. The first kappa shape index (κ1) is 16.8. The molecule has 0 unspecified atom stereocenters. The molecule has 6 nitrogen and oxygen atoms in total. The monoisotopic (exact) mass is 287 g/mol. The summed E-state index contributed by atoms with van der Waals surface area (Å²) in [7, 11) is -6.88. The molecule has 0 aromatic rings. The van der Waals surface area contributed by atoms with Gasteiger partial charge in [-0.2, -0.15) is 4.31 Å². The number of aliphatic hydroxyl groups excluding tert-OH is 1. The van der Waals surface area contributed by atoms with Crippen molar-refractivity contribution in [1.29, 1.82) is 0 Å². The first-order valence-electron chi connectivity index (χ1n) is 5.38. The Bertz CT molecular complexity index is 413. The number of rotatable bonds is 8. The SMILES string of the molecule is CC(C)N(CCCO)S(=O)(=O)CCS(C)(=O)=O. The van der Waals surface area contributed by atoms with E-state index in [-0.39, 0.29) is 24.9 Å². The maximum Gasteiger partial charge on any atom is 0.215 e. The lowest BCUT2D eigenvalue weighted by Crippen LogP contribution is -2.40. The molecule has 0 saturated heterocycles. The maximum atomic E-state index is 11.9. The van der Waals surface area contributed by atoms with Crippen molar-refractivity contribution in [3.05, 3.63) is 0 Å². The zero-order valence-electron chi connectivity index (χ0n) is 10.5. The van der Waals surface area contributed by atoms with Gasteiger partial charge in [0, 0.05) is 25.4 Å².